The summed E-state index contributed by atoms with van der Waals surface area (Å²) in [7, 11) is 0. The highest BCUT2D eigenvalue weighted by molar-refractivity contribution is 7.17. The third-order valence-corrected chi connectivity index (χ3v) is 4.35. The van der Waals surface area contributed by atoms with Crippen LogP contribution in [0.3, 0.4) is 0 Å². The van der Waals surface area contributed by atoms with Crippen molar-refractivity contribution < 1.29 is 9.50 Å². The summed E-state index contributed by atoms with van der Waals surface area (Å²) in [4.78, 5) is 0. The van der Waals surface area contributed by atoms with Crippen molar-refractivity contribution in [2.24, 2.45) is 0 Å². The molecule has 0 aliphatic rings. The minimum atomic E-state index is -1.01. The van der Waals surface area contributed by atoms with Crippen molar-refractivity contribution in [3.05, 3.63) is 69.8 Å². The van der Waals surface area contributed by atoms with Gasteiger partial charge in [0.25, 0.3) is 0 Å². The first-order valence-corrected chi connectivity index (χ1v) is 7.02. The van der Waals surface area contributed by atoms with Gasteiger partial charge >= 0.3 is 0 Å². The van der Waals surface area contributed by atoms with E-state index in [1.54, 1.807) is 12.1 Å². The van der Waals surface area contributed by atoms with Crippen LogP contribution in [0, 0.1) is 5.82 Å². The van der Waals surface area contributed by atoms with Crippen LogP contribution < -0.4 is 0 Å². The highest BCUT2D eigenvalue weighted by atomic mass is 35.5. The maximum Gasteiger partial charge on any atom is 0.147 e. The maximum absolute atomic E-state index is 14.0. The van der Waals surface area contributed by atoms with Gasteiger partial charge in [-0.1, -0.05) is 41.9 Å². The van der Waals surface area contributed by atoms with E-state index in [-0.39, 0.29) is 10.6 Å². The van der Waals surface area contributed by atoms with Gasteiger partial charge in [-0.15, -0.1) is 11.3 Å². The lowest BCUT2D eigenvalue weighted by Crippen LogP contribution is -2.03. The Bertz CT molecular complexity index is 738. The Hall–Kier alpha value is -1.42. The number of thiophene rings is 1. The van der Waals surface area contributed by atoms with Gasteiger partial charge in [0.1, 0.15) is 11.9 Å². The molecule has 0 bridgehead atoms. The minimum absolute atomic E-state index is 0.0231. The fraction of sp³-hybridized carbons (Fsp3) is 0.0667. The van der Waals surface area contributed by atoms with E-state index in [0.717, 1.165) is 10.1 Å². The van der Waals surface area contributed by atoms with E-state index in [1.807, 2.05) is 29.6 Å². The van der Waals surface area contributed by atoms with E-state index in [1.165, 1.54) is 17.4 Å². The van der Waals surface area contributed by atoms with Crippen molar-refractivity contribution in [2.45, 2.75) is 6.10 Å². The molecule has 0 aliphatic heterocycles. The standard InChI is InChI=1S/C15H10ClFOS/c16-12-6-2-4-10(13(12)17)14(18)11-5-1-3-9-7-8-19-15(9)11/h1-8,14,18H. The lowest BCUT2D eigenvalue weighted by atomic mass is 10.00. The molecule has 0 spiro atoms. The van der Waals surface area contributed by atoms with Crippen LogP contribution >= 0.6 is 22.9 Å². The van der Waals surface area contributed by atoms with Gasteiger partial charge in [-0.05, 0) is 22.9 Å². The monoisotopic (exact) mass is 292 g/mol. The summed E-state index contributed by atoms with van der Waals surface area (Å²) >= 11 is 7.29. The Kier molecular flexibility index (Phi) is 3.27. The molecule has 2 aromatic carbocycles. The molecule has 96 valence electrons. The van der Waals surface area contributed by atoms with Crippen molar-refractivity contribution in [2.75, 3.05) is 0 Å². The Morgan fingerprint density at radius 3 is 2.63 bits per heavy atom. The molecule has 1 heterocycles. The summed E-state index contributed by atoms with van der Waals surface area (Å²) in [5, 5.41) is 13.4. The topological polar surface area (TPSA) is 20.2 Å². The molecule has 1 aromatic heterocycles. The first-order valence-electron chi connectivity index (χ1n) is 5.76. The van der Waals surface area contributed by atoms with E-state index in [2.05, 4.69) is 0 Å². The lowest BCUT2D eigenvalue weighted by Gasteiger charge is -2.14. The number of aliphatic hydroxyl groups is 1. The molecule has 0 saturated carbocycles. The van der Waals surface area contributed by atoms with Gasteiger partial charge in [0, 0.05) is 15.8 Å². The predicted molar refractivity (Wildman–Crippen MR) is 77.3 cm³/mol. The molecule has 1 nitrogen and oxygen atoms in total. The lowest BCUT2D eigenvalue weighted by molar-refractivity contribution is 0.216. The third kappa shape index (κ3) is 2.14. The molecule has 0 radical (unpaired) electrons. The first-order chi connectivity index (χ1) is 9.18. The Morgan fingerprint density at radius 2 is 1.79 bits per heavy atom. The van der Waals surface area contributed by atoms with Crippen LogP contribution in [0.25, 0.3) is 10.1 Å². The number of fused-ring (bicyclic) bond motifs is 1. The number of aliphatic hydroxyl groups excluding tert-OH is 1. The molecule has 3 aromatic rings. The van der Waals surface area contributed by atoms with Crippen LogP contribution in [0.5, 0.6) is 0 Å². The second-order valence-electron chi connectivity index (χ2n) is 4.23. The fourth-order valence-electron chi connectivity index (χ4n) is 2.13. The molecular weight excluding hydrogens is 283 g/mol. The average Bonchev–Trinajstić information content (AvgIpc) is 2.89. The fourth-order valence-corrected chi connectivity index (χ4v) is 3.25. The number of rotatable bonds is 2. The van der Waals surface area contributed by atoms with E-state index >= 15 is 0 Å². The van der Waals surface area contributed by atoms with Crippen LogP contribution in [-0.4, -0.2) is 5.11 Å². The minimum Gasteiger partial charge on any atom is -0.383 e. The van der Waals surface area contributed by atoms with Crippen LogP contribution in [0.15, 0.2) is 47.8 Å². The molecule has 0 fully saturated rings. The Morgan fingerprint density at radius 1 is 1.05 bits per heavy atom. The molecule has 1 atom stereocenters. The summed E-state index contributed by atoms with van der Waals surface area (Å²) in [5.41, 5.74) is 0.905. The van der Waals surface area contributed by atoms with Crippen molar-refractivity contribution in [1.82, 2.24) is 0 Å². The van der Waals surface area contributed by atoms with E-state index < -0.39 is 11.9 Å². The smallest absolute Gasteiger partial charge is 0.147 e. The molecule has 0 amide bonds. The molecule has 19 heavy (non-hydrogen) atoms. The molecule has 1 N–H and O–H groups in total. The Balaban J connectivity index is 2.16. The van der Waals surface area contributed by atoms with Gasteiger partial charge in [-0.2, -0.15) is 0 Å². The second kappa shape index (κ2) is 4.93. The van der Waals surface area contributed by atoms with Gasteiger partial charge in [-0.25, -0.2) is 4.39 Å². The SMILES string of the molecule is OC(c1cccc(Cl)c1F)c1cccc2ccsc12. The number of benzene rings is 2. The van der Waals surface area contributed by atoms with Gasteiger partial charge < -0.3 is 5.11 Å². The van der Waals surface area contributed by atoms with Crippen LogP contribution in [0.2, 0.25) is 5.02 Å². The summed E-state index contributed by atoms with van der Waals surface area (Å²) in [6, 6.07) is 12.3. The van der Waals surface area contributed by atoms with Crippen molar-refractivity contribution in [3.8, 4) is 0 Å². The van der Waals surface area contributed by atoms with Gasteiger partial charge in [-0.3, -0.25) is 0 Å². The highest BCUT2D eigenvalue weighted by Crippen LogP contribution is 2.34. The summed E-state index contributed by atoms with van der Waals surface area (Å²) in [6.45, 7) is 0. The predicted octanol–water partition coefficient (Wildman–Crippen LogP) is 4.78. The quantitative estimate of drug-likeness (QED) is 0.721. The van der Waals surface area contributed by atoms with Crippen LogP contribution in [0.4, 0.5) is 4.39 Å². The largest absolute Gasteiger partial charge is 0.383 e. The zero-order valence-electron chi connectivity index (χ0n) is 9.81. The molecule has 4 heteroatoms. The molecule has 0 aliphatic carbocycles. The van der Waals surface area contributed by atoms with Crippen molar-refractivity contribution >= 4 is 33.0 Å². The Labute approximate surface area is 118 Å². The molecule has 3 rings (SSSR count). The van der Waals surface area contributed by atoms with Crippen LogP contribution in [0.1, 0.15) is 17.2 Å². The molecular formula is C15H10ClFOS. The summed E-state index contributed by atoms with van der Waals surface area (Å²) in [5.74, 6) is -0.565. The third-order valence-electron chi connectivity index (χ3n) is 3.08. The zero-order chi connectivity index (χ0) is 13.4. The summed E-state index contributed by atoms with van der Waals surface area (Å²) < 4.78 is 14.9. The van der Waals surface area contributed by atoms with Gasteiger partial charge in [0.15, 0.2) is 0 Å². The number of halogens is 2. The molecule has 1 unspecified atom stereocenters. The molecule has 0 saturated heterocycles. The van der Waals surface area contributed by atoms with E-state index in [0.29, 0.717) is 5.56 Å². The average molecular weight is 293 g/mol. The number of hydrogen-bond acceptors (Lipinski definition) is 2. The second-order valence-corrected chi connectivity index (χ2v) is 5.56. The maximum atomic E-state index is 14.0. The van der Waals surface area contributed by atoms with E-state index in [4.69, 9.17) is 11.6 Å². The van der Waals surface area contributed by atoms with Crippen molar-refractivity contribution in [1.29, 1.82) is 0 Å². The highest BCUT2D eigenvalue weighted by Gasteiger charge is 2.19. The zero-order valence-corrected chi connectivity index (χ0v) is 11.4. The van der Waals surface area contributed by atoms with Crippen LogP contribution in [-0.2, 0) is 0 Å². The van der Waals surface area contributed by atoms with Gasteiger partial charge in [0.2, 0.25) is 0 Å². The summed E-state index contributed by atoms with van der Waals surface area (Å²) in [6.07, 6.45) is -1.01. The van der Waals surface area contributed by atoms with Crippen molar-refractivity contribution in [3.63, 3.8) is 0 Å². The number of hydrogen-bond donors (Lipinski definition) is 1. The first kappa shape index (κ1) is 12.6. The van der Waals surface area contributed by atoms with Gasteiger partial charge in [0.05, 0.1) is 5.02 Å². The normalized spacial score (nSPS) is 12.8. The van der Waals surface area contributed by atoms with E-state index in [9.17, 15) is 9.50 Å².